The Balaban J connectivity index is 2.23. The molecule has 6 heteroatoms. The maximum Gasteiger partial charge on any atom is 0.272 e. The van der Waals surface area contributed by atoms with Crippen molar-refractivity contribution in [2.75, 3.05) is 12.4 Å². The van der Waals surface area contributed by atoms with Crippen LogP contribution >= 0.6 is 27.5 Å². The first-order chi connectivity index (χ1) is 9.55. The number of aromatic nitrogens is 1. The van der Waals surface area contributed by atoms with E-state index in [9.17, 15) is 4.79 Å². The van der Waals surface area contributed by atoms with Crippen LogP contribution in [0.3, 0.4) is 0 Å². The second-order valence-electron chi connectivity index (χ2n) is 4.13. The second kappa shape index (κ2) is 6.33. The molecular formula is C14H14BrClN2O2. The fourth-order valence-electron chi connectivity index (χ4n) is 1.86. The van der Waals surface area contributed by atoms with E-state index in [0.29, 0.717) is 22.2 Å². The number of halogens is 2. The van der Waals surface area contributed by atoms with Gasteiger partial charge in [-0.15, -0.1) is 0 Å². The van der Waals surface area contributed by atoms with Gasteiger partial charge >= 0.3 is 0 Å². The number of hydrogen-bond acceptors (Lipinski definition) is 2. The molecule has 0 bridgehead atoms. The number of aryl methyl sites for hydroxylation is 1. The molecule has 1 aromatic carbocycles. The lowest BCUT2D eigenvalue weighted by Crippen LogP contribution is -2.16. The summed E-state index contributed by atoms with van der Waals surface area (Å²) in [6.07, 6.45) is 1.87. The zero-order chi connectivity index (χ0) is 14.7. The number of hydrogen-bond donors (Lipinski definition) is 1. The lowest BCUT2D eigenvalue weighted by atomic mass is 10.3. The number of benzene rings is 1. The molecule has 0 aliphatic heterocycles. The van der Waals surface area contributed by atoms with Crippen LogP contribution in [0.2, 0.25) is 5.02 Å². The molecule has 20 heavy (non-hydrogen) atoms. The van der Waals surface area contributed by atoms with Gasteiger partial charge in [0, 0.05) is 29.0 Å². The third-order valence-corrected chi connectivity index (χ3v) is 3.59. The number of carbonyl (C=O) groups excluding carboxylic acids is 1. The SMILES string of the molecule is CCn1cc(Br)cc1C(=O)Nc1ccc(Cl)c(OC)c1. The number of methoxy groups -OCH3 is 1. The van der Waals surface area contributed by atoms with E-state index in [4.69, 9.17) is 16.3 Å². The summed E-state index contributed by atoms with van der Waals surface area (Å²) in [5.41, 5.74) is 1.23. The molecule has 1 heterocycles. The average molecular weight is 358 g/mol. The van der Waals surface area contributed by atoms with E-state index in [1.807, 2.05) is 17.7 Å². The van der Waals surface area contributed by atoms with Crippen LogP contribution in [0.4, 0.5) is 5.69 Å². The van der Waals surface area contributed by atoms with Gasteiger partial charge in [0.2, 0.25) is 0 Å². The summed E-state index contributed by atoms with van der Waals surface area (Å²) in [6.45, 7) is 2.70. The predicted molar refractivity (Wildman–Crippen MR) is 83.8 cm³/mol. The molecule has 0 aliphatic rings. The summed E-state index contributed by atoms with van der Waals surface area (Å²) in [4.78, 5) is 12.3. The van der Waals surface area contributed by atoms with Crippen LogP contribution in [0.15, 0.2) is 34.9 Å². The van der Waals surface area contributed by atoms with E-state index in [-0.39, 0.29) is 5.91 Å². The number of carbonyl (C=O) groups is 1. The summed E-state index contributed by atoms with van der Waals surface area (Å²) in [5, 5.41) is 3.33. The quantitative estimate of drug-likeness (QED) is 0.892. The maximum absolute atomic E-state index is 12.3. The summed E-state index contributed by atoms with van der Waals surface area (Å²) in [5.74, 6) is 0.346. The van der Waals surface area contributed by atoms with Crippen molar-refractivity contribution in [1.82, 2.24) is 4.57 Å². The van der Waals surface area contributed by atoms with Crippen LogP contribution in [0.1, 0.15) is 17.4 Å². The lowest BCUT2D eigenvalue weighted by molar-refractivity contribution is 0.101. The largest absolute Gasteiger partial charge is 0.495 e. The number of rotatable bonds is 4. The van der Waals surface area contributed by atoms with E-state index in [2.05, 4.69) is 21.2 Å². The van der Waals surface area contributed by atoms with Crippen molar-refractivity contribution < 1.29 is 9.53 Å². The number of amides is 1. The van der Waals surface area contributed by atoms with Gasteiger partial charge in [-0.05, 0) is 41.1 Å². The van der Waals surface area contributed by atoms with Crippen molar-refractivity contribution in [1.29, 1.82) is 0 Å². The number of ether oxygens (including phenoxy) is 1. The fourth-order valence-corrected chi connectivity index (χ4v) is 2.52. The smallest absolute Gasteiger partial charge is 0.272 e. The van der Waals surface area contributed by atoms with E-state index < -0.39 is 0 Å². The number of anilines is 1. The van der Waals surface area contributed by atoms with Gasteiger partial charge in [-0.1, -0.05) is 11.6 Å². The van der Waals surface area contributed by atoms with Crippen molar-refractivity contribution in [3.05, 3.63) is 45.7 Å². The molecule has 1 N–H and O–H groups in total. The van der Waals surface area contributed by atoms with Crippen molar-refractivity contribution >= 4 is 39.1 Å². The lowest BCUT2D eigenvalue weighted by Gasteiger charge is -2.09. The van der Waals surface area contributed by atoms with E-state index in [0.717, 1.165) is 11.0 Å². The van der Waals surface area contributed by atoms with Crippen LogP contribution in [-0.2, 0) is 6.54 Å². The fraction of sp³-hybridized carbons (Fsp3) is 0.214. The normalized spacial score (nSPS) is 10.4. The molecule has 0 spiro atoms. The average Bonchev–Trinajstić information content (AvgIpc) is 2.82. The molecular weight excluding hydrogens is 344 g/mol. The van der Waals surface area contributed by atoms with Gasteiger partial charge in [0.25, 0.3) is 5.91 Å². The van der Waals surface area contributed by atoms with Crippen molar-refractivity contribution in [2.45, 2.75) is 13.5 Å². The van der Waals surface area contributed by atoms with E-state index >= 15 is 0 Å². The van der Waals surface area contributed by atoms with Gasteiger partial charge < -0.3 is 14.6 Å². The Morgan fingerprint density at radius 3 is 2.85 bits per heavy atom. The Morgan fingerprint density at radius 1 is 1.45 bits per heavy atom. The maximum atomic E-state index is 12.3. The Labute approximate surface area is 130 Å². The molecule has 0 saturated heterocycles. The summed E-state index contributed by atoms with van der Waals surface area (Å²) in [7, 11) is 1.53. The van der Waals surface area contributed by atoms with Crippen LogP contribution in [-0.4, -0.2) is 17.6 Å². The third-order valence-electron chi connectivity index (χ3n) is 2.85. The Morgan fingerprint density at radius 2 is 2.20 bits per heavy atom. The van der Waals surface area contributed by atoms with E-state index in [1.165, 1.54) is 7.11 Å². The Bertz CT molecular complexity index is 640. The Hall–Kier alpha value is -1.46. The van der Waals surface area contributed by atoms with Gasteiger partial charge in [0.05, 0.1) is 12.1 Å². The third kappa shape index (κ3) is 3.16. The van der Waals surface area contributed by atoms with Gasteiger partial charge in [0.1, 0.15) is 11.4 Å². The zero-order valence-corrected chi connectivity index (χ0v) is 13.5. The first-order valence-corrected chi connectivity index (χ1v) is 7.22. The Kier molecular flexibility index (Phi) is 4.73. The van der Waals surface area contributed by atoms with Crippen LogP contribution in [0, 0.1) is 0 Å². The highest BCUT2D eigenvalue weighted by molar-refractivity contribution is 9.10. The molecule has 2 rings (SSSR count). The first kappa shape index (κ1) is 14.9. The van der Waals surface area contributed by atoms with Gasteiger partial charge in [-0.3, -0.25) is 4.79 Å². The minimum atomic E-state index is -0.179. The van der Waals surface area contributed by atoms with E-state index in [1.54, 1.807) is 24.3 Å². The molecule has 0 unspecified atom stereocenters. The van der Waals surface area contributed by atoms with Gasteiger partial charge in [-0.25, -0.2) is 0 Å². The monoisotopic (exact) mass is 356 g/mol. The molecule has 4 nitrogen and oxygen atoms in total. The predicted octanol–water partition coefficient (Wildman–Crippen LogP) is 4.18. The summed E-state index contributed by atoms with van der Waals surface area (Å²) >= 11 is 9.32. The molecule has 0 saturated carbocycles. The number of nitrogens with zero attached hydrogens (tertiary/aromatic N) is 1. The molecule has 0 radical (unpaired) electrons. The highest BCUT2D eigenvalue weighted by Gasteiger charge is 2.13. The molecule has 1 amide bonds. The van der Waals surface area contributed by atoms with Crippen molar-refractivity contribution in [2.24, 2.45) is 0 Å². The van der Waals surface area contributed by atoms with Gasteiger partial charge in [-0.2, -0.15) is 0 Å². The second-order valence-corrected chi connectivity index (χ2v) is 5.46. The van der Waals surface area contributed by atoms with Crippen LogP contribution in [0.5, 0.6) is 5.75 Å². The van der Waals surface area contributed by atoms with Crippen LogP contribution in [0.25, 0.3) is 0 Å². The molecule has 106 valence electrons. The van der Waals surface area contributed by atoms with Crippen molar-refractivity contribution in [3.8, 4) is 5.75 Å². The van der Waals surface area contributed by atoms with Crippen molar-refractivity contribution in [3.63, 3.8) is 0 Å². The highest BCUT2D eigenvalue weighted by atomic mass is 79.9. The topological polar surface area (TPSA) is 43.3 Å². The molecule has 0 atom stereocenters. The number of nitrogens with one attached hydrogen (secondary N) is 1. The van der Waals surface area contributed by atoms with Crippen LogP contribution < -0.4 is 10.1 Å². The summed E-state index contributed by atoms with van der Waals surface area (Å²) in [6, 6.07) is 6.89. The summed E-state index contributed by atoms with van der Waals surface area (Å²) < 4.78 is 7.87. The highest BCUT2D eigenvalue weighted by Crippen LogP contribution is 2.27. The minimum absolute atomic E-state index is 0.179. The van der Waals surface area contributed by atoms with Gasteiger partial charge in [0.15, 0.2) is 0 Å². The molecule has 0 fully saturated rings. The molecule has 2 aromatic rings. The zero-order valence-electron chi connectivity index (χ0n) is 11.1. The minimum Gasteiger partial charge on any atom is -0.495 e. The molecule has 0 aliphatic carbocycles. The molecule has 1 aromatic heterocycles. The standard InChI is InChI=1S/C14H14BrClN2O2/c1-3-18-8-9(15)6-12(18)14(19)17-10-4-5-11(16)13(7-10)20-2/h4-8H,3H2,1-2H3,(H,17,19). The first-order valence-electron chi connectivity index (χ1n) is 6.05.